The van der Waals surface area contributed by atoms with Crippen LogP contribution >= 0.6 is 11.6 Å². The first-order valence-corrected chi connectivity index (χ1v) is 13.9. The zero-order valence-corrected chi connectivity index (χ0v) is 23.9. The van der Waals surface area contributed by atoms with Crippen molar-refractivity contribution >= 4 is 29.2 Å². The molecule has 2 aromatic carbocycles. The summed E-state index contributed by atoms with van der Waals surface area (Å²) in [6.07, 6.45) is 8.25. The van der Waals surface area contributed by atoms with E-state index in [-0.39, 0.29) is 23.9 Å². The van der Waals surface area contributed by atoms with Crippen LogP contribution in [0.3, 0.4) is 0 Å². The van der Waals surface area contributed by atoms with E-state index in [1.54, 1.807) is 30.5 Å². The monoisotopic (exact) mass is 573 g/mol. The molecular formula is C31H31ClFN6O2+. The molecule has 1 saturated heterocycles. The number of likely N-dealkylation sites (tertiary alicyclic amines) is 1. The Hall–Kier alpha value is -3.92. The third-order valence-corrected chi connectivity index (χ3v) is 8.10. The minimum atomic E-state index is -0.433. The number of aliphatic imine (C=N–C) groups is 1. The highest BCUT2D eigenvalue weighted by molar-refractivity contribution is 6.31. The van der Waals surface area contributed by atoms with Crippen LogP contribution in [0.5, 0.6) is 5.75 Å². The van der Waals surface area contributed by atoms with Crippen LogP contribution in [0.25, 0.3) is 11.3 Å². The van der Waals surface area contributed by atoms with Gasteiger partial charge in [0.15, 0.2) is 0 Å². The quantitative estimate of drug-likeness (QED) is 0.486. The SMILES string of the molecule is COc1cccc(F)c1C1=NCc2cnc([NH2+]C3=CC=CC(C(=O)N4CC(N(C)C)C4)C3)nc2-c2ccc(Cl)cc21. The number of amides is 1. The molecule has 1 fully saturated rings. The number of nitrogens with zero attached hydrogens (tertiary/aromatic N) is 5. The second-order valence-corrected chi connectivity index (χ2v) is 11.2. The van der Waals surface area contributed by atoms with Gasteiger partial charge >= 0.3 is 5.95 Å². The molecule has 210 valence electrons. The summed E-state index contributed by atoms with van der Waals surface area (Å²) in [4.78, 5) is 31.5. The maximum absolute atomic E-state index is 15.2. The minimum Gasteiger partial charge on any atom is -0.496 e. The van der Waals surface area contributed by atoms with Gasteiger partial charge in [-0.15, -0.1) is 0 Å². The largest absolute Gasteiger partial charge is 0.496 e. The molecule has 0 spiro atoms. The van der Waals surface area contributed by atoms with Crippen molar-refractivity contribution in [2.45, 2.75) is 19.0 Å². The van der Waals surface area contributed by atoms with Gasteiger partial charge in [-0.3, -0.25) is 15.1 Å². The van der Waals surface area contributed by atoms with Gasteiger partial charge in [-0.25, -0.2) is 4.39 Å². The van der Waals surface area contributed by atoms with Crippen molar-refractivity contribution in [3.63, 3.8) is 0 Å². The van der Waals surface area contributed by atoms with Gasteiger partial charge < -0.3 is 14.5 Å². The summed E-state index contributed by atoms with van der Waals surface area (Å²) >= 11 is 6.42. The van der Waals surface area contributed by atoms with Crippen molar-refractivity contribution in [2.75, 3.05) is 34.3 Å². The number of nitrogens with two attached hydrogens (primary N) is 1. The number of hydrogen-bond donors (Lipinski definition) is 1. The first-order chi connectivity index (χ1) is 19.8. The molecule has 41 heavy (non-hydrogen) atoms. The highest BCUT2D eigenvalue weighted by Crippen LogP contribution is 2.36. The van der Waals surface area contributed by atoms with Crippen LogP contribution in [0.4, 0.5) is 10.3 Å². The lowest BCUT2D eigenvalue weighted by atomic mass is 9.94. The summed E-state index contributed by atoms with van der Waals surface area (Å²) < 4.78 is 20.6. The fourth-order valence-corrected chi connectivity index (χ4v) is 5.64. The van der Waals surface area contributed by atoms with E-state index < -0.39 is 5.82 Å². The number of carbonyl (C=O) groups is 1. The van der Waals surface area contributed by atoms with Gasteiger partial charge in [0, 0.05) is 53.5 Å². The number of benzene rings is 2. The van der Waals surface area contributed by atoms with Crippen LogP contribution < -0.4 is 10.1 Å². The number of rotatable bonds is 6. The summed E-state index contributed by atoms with van der Waals surface area (Å²) in [5.41, 5.74) is 4.68. The maximum Gasteiger partial charge on any atom is 0.330 e. The molecule has 10 heteroatoms. The summed E-state index contributed by atoms with van der Waals surface area (Å²) in [5.74, 6) is 0.431. The number of allylic oxidation sites excluding steroid dienone is 3. The highest BCUT2D eigenvalue weighted by atomic mass is 35.5. The van der Waals surface area contributed by atoms with Gasteiger partial charge in [0.25, 0.3) is 0 Å². The molecule has 0 bridgehead atoms. The lowest BCUT2D eigenvalue weighted by Crippen LogP contribution is -2.77. The van der Waals surface area contributed by atoms with E-state index in [1.807, 2.05) is 48.6 Å². The Kier molecular flexibility index (Phi) is 7.42. The fourth-order valence-electron chi connectivity index (χ4n) is 5.47. The number of carbonyl (C=O) groups excluding carboxylic acids is 1. The second kappa shape index (κ2) is 11.2. The summed E-state index contributed by atoms with van der Waals surface area (Å²) in [6.45, 7) is 1.79. The van der Waals surface area contributed by atoms with Crippen molar-refractivity contribution in [2.24, 2.45) is 10.9 Å². The number of quaternary nitrogens is 1. The Balaban J connectivity index is 1.27. The van der Waals surface area contributed by atoms with E-state index in [0.717, 1.165) is 29.9 Å². The molecule has 8 nitrogen and oxygen atoms in total. The molecule has 1 atom stereocenters. The van der Waals surface area contributed by atoms with E-state index in [9.17, 15) is 4.79 Å². The number of methoxy groups -OCH3 is 1. The summed E-state index contributed by atoms with van der Waals surface area (Å²) in [6, 6.07) is 10.6. The van der Waals surface area contributed by atoms with Crippen LogP contribution in [-0.4, -0.2) is 71.7 Å². The zero-order chi connectivity index (χ0) is 28.7. The van der Waals surface area contributed by atoms with E-state index in [1.165, 1.54) is 13.2 Å². The number of fused-ring (bicyclic) bond motifs is 3. The average molecular weight is 574 g/mol. The third-order valence-electron chi connectivity index (χ3n) is 7.86. The molecule has 0 radical (unpaired) electrons. The molecule has 1 amide bonds. The van der Waals surface area contributed by atoms with Gasteiger partial charge in [0.1, 0.15) is 17.3 Å². The Labute approximate surface area is 243 Å². The molecule has 3 aliphatic rings. The number of ether oxygens (including phenoxy) is 1. The van der Waals surface area contributed by atoms with Gasteiger partial charge in [0.05, 0.1) is 36.5 Å². The molecule has 1 aliphatic carbocycles. The van der Waals surface area contributed by atoms with E-state index in [2.05, 4.69) is 9.88 Å². The van der Waals surface area contributed by atoms with Gasteiger partial charge in [-0.05, 0) is 44.4 Å². The lowest BCUT2D eigenvalue weighted by Gasteiger charge is -2.44. The molecule has 1 aromatic heterocycles. The predicted octanol–water partition coefficient (Wildman–Crippen LogP) is 3.72. The van der Waals surface area contributed by atoms with Gasteiger partial charge in [-0.2, -0.15) is 9.97 Å². The lowest BCUT2D eigenvalue weighted by molar-refractivity contribution is -0.529. The molecule has 3 aromatic rings. The Morgan fingerprint density at radius 3 is 2.80 bits per heavy atom. The fraction of sp³-hybridized carbons (Fsp3) is 0.290. The van der Waals surface area contributed by atoms with E-state index in [4.69, 9.17) is 26.3 Å². The topological polar surface area (TPSA) is 87.5 Å². The molecule has 2 aliphatic heterocycles. The number of aromatic nitrogens is 2. The number of hydrogen-bond acceptors (Lipinski definition) is 6. The first kappa shape index (κ1) is 27.3. The highest BCUT2D eigenvalue weighted by Gasteiger charge is 2.36. The Morgan fingerprint density at radius 2 is 2.02 bits per heavy atom. The average Bonchev–Trinajstić information content (AvgIpc) is 3.08. The maximum atomic E-state index is 15.2. The molecule has 2 N–H and O–H groups in total. The van der Waals surface area contributed by atoms with Gasteiger partial charge in [-0.1, -0.05) is 35.9 Å². The molecule has 1 unspecified atom stereocenters. The smallest absolute Gasteiger partial charge is 0.330 e. The molecule has 3 heterocycles. The second-order valence-electron chi connectivity index (χ2n) is 10.7. The minimum absolute atomic E-state index is 0.153. The van der Waals surface area contributed by atoms with Crippen molar-refractivity contribution < 1.29 is 19.2 Å². The predicted molar refractivity (Wildman–Crippen MR) is 156 cm³/mol. The van der Waals surface area contributed by atoms with Gasteiger partial charge in [0.2, 0.25) is 5.91 Å². The van der Waals surface area contributed by atoms with Crippen LogP contribution in [0.1, 0.15) is 23.1 Å². The van der Waals surface area contributed by atoms with Crippen molar-refractivity contribution in [3.05, 3.63) is 94.1 Å². The first-order valence-electron chi connectivity index (χ1n) is 13.5. The van der Waals surface area contributed by atoms with Crippen LogP contribution in [0.2, 0.25) is 5.02 Å². The number of halogens is 2. The van der Waals surface area contributed by atoms with Crippen LogP contribution in [-0.2, 0) is 11.3 Å². The van der Waals surface area contributed by atoms with Crippen molar-refractivity contribution in [1.82, 2.24) is 19.8 Å². The van der Waals surface area contributed by atoms with E-state index >= 15 is 4.39 Å². The normalized spacial score (nSPS) is 18.2. The van der Waals surface area contributed by atoms with Crippen LogP contribution in [0.15, 0.2) is 71.5 Å². The zero-order valence-electron chi connectivity index (χ0n) is 23.1. The Morgan fingerprint density at radius 1 is 1.20 bits per heavy atom. The summed E-state index contributed by atoms with van der Waals surface area (Å²) in [5, 5.41) is 2.43. The molecule has 6 rings (SSSR count). The molecular weight excluding hydrogens is 543 g/mol. The van der Waals surface area contributed by atoms with Crippen molar-refractivity contribution in [1.29, 1.82) is 0 Å². The standard InChI is InChI=1S/C31H30ClFN6O2/c1-38(2)22-16-39(17-22)30(40)18-6-4-7-21(12-18)36-31-35-15-19-14-34-29(27-25(33)8-5-9-26(27)41-3)24-13-20(32)10-11-23(24)28(19)37-31/h4-11,13,15,18,22H,12,14,16-17H2,1-3H3,(H,35,36,37)/p+1. The van der Waals surface area contributed by atoms with Crippen molar-refractivity contribution in [3.8, 4) is 17.0 Å². The Bertz CT molecular complexity index is 1610. The number of likely N-dealkylation sites (N-methyl/N-ethyl adjacent to an activating group) is 1. The van der Waals surface area contributed by atoms with Crippen LogP contribution in [0, 0.1) is 11.7 Å². The summed E-state index contributed by atoms with van der Waals surface area (Å²) in [7, 11) is 5.59. The van der Waals surface area contributed by atoms with E-state index in [0.29, 0.717) is 46.2 Å². The third kappa shape index (κ3) is 5.28. The molecule has 0 saturated carbocycles.